The van der Waals surface area contributed by atoms with Gasteiger partial charge in [-0.2, -0.15) is 0 Å². The van der Waals surface area contributed by atoms with Gasteiger partial charge in [-0.05, 0) is 25.6 Å². The first-order valence-corrected chi connectivity index (χ1v) is 7.33. The number of nitrogens with one attached hydrogen (secondary N) is 1. The third-order valence-electron chi connectivity index (χ3n) is 3.52. The minimum Gasteiger partial charge on any atom is -0.336 e. The number of halogens is 1. The molecule has 0 spiro atoms. The molecule has 0 saturated carbocycles. The number of urea groups is 1. The average molecular weight is 340 g/mol. The van der Waals surface area contributed by atoms with E-state index in [4.69, 9.17) is 0 Å². The van der Waals surface area contributed by atoms with E-state index in [0.717, 1.165) is 10.0 Å². The summed E-state index contributed by atoms with van der Waals surface area (Å²) in [5.74, 6) is -0.158. The number of imide groups is 1. The van der Waals surface area contributed by atoms with Crippen molar-refractivity contribution < 1.29 is 9.59 Å². The maximum Gasteiger partial charge on any atom is 0.324 e. The topological polar surface area (TPSA) is 52.7 Å². The molecule has 1 aromatic rings. The Hall–Kier alpha value is -1.40. The molecule has 0 bridgehead atoms. The molecule has 2 rings (SSSR count). The predicted octanol–water partition coefficient (Wildman–Crippen LogP) is 1.82. The minimum absolute atomic E-state index is 0.158. The van der Waals surface area contributed by atoms with Crippen molar-refractivity contribution in [2.45, 2.75) is 19.5 Å². The van der Waals surface area contributed by atoms with Gasteiger partial charge in [0.15, 0.2) is 0 Å². The first-order chi connectivity index (χ1) is 9.50. The maximum atomic E-state index is 12.3. The third-order valence-corrected chi connectivity index (χ3v) is 4.29. The molecular weight excluding hydrogens is 322 g/mol. The van der Waals surface area contributed by atoms with Crippen molar-refractivity contribution in [2.75, 3.05) is 20.1 Å². The first-order valence-electron chi connectivity index (χ1n) is 6.53. The van der Waals surface area contributed by atoms with Crippen LogP contribution >= 0.6 is 15.9 Å². The lowest BCUT2D eigenvalue weighted by molar-refractivity contribution is -0.132. The van der Waals surface area contributed by atoms with Crippen molar-refractivity contribution >= 4 is 27.9 Å². The van der Waals surface area contributed by atoms with Gasteiger partial charge < -0.3 is 5.32 Å². The summed E-state index contributed by atoms with van der Waals surface area (Å²) >= 11 is 3.50. The highest BCUT2D eigenvalue weighted by Gasteiger charge is 2.31. The van der Waals surface area contributed by atoms with Gasteiger partial charge in [0, 0.05) is 24.1 Å². The Morgan fingerprint density at radius 2 is 2.20 bits per heavy atom. The molecule has 1 saturated heterocycles. The van der Waals surface area contributed by atoms with Crippen molar-refractivity contribution in [1.29, 1.82) is 0 Å². The summed E-state index contributed by atoms with van der Waals surface area (Å²) in [6.07, 6.45) is 0. The van der Waals surface area contributed by atoms with Gasteiger partial charge in [-0.3, -0.25) is 14.6 Å². The van der Waals surface area contributed by atoms with Crippen LogP contribution in [0, 0.1) is 0 Å². The van der Waals surface area contributed by atoms with E-state index in [1.54, 1.807) is 0 Å². The summed E-state index contributed by atoms with van der Waals surface area (Å²) in [5.41, 5.74) is 1.11. The number of carbonyl (C=O) groups excluding carboxylic acids is 2. The predicted molar refractivity (Wildman–Crippen MR) is 80.2 cm³/mol. The van der Waals surface area contributed by atoms with Crippen molar-refractivity contribution in [3.8, 4) is 0 Å². The van der Waals surface area contributed by atoms with E-state index in [1.165, 1.54) is 4.90 Å². The zero-order valence-electron chi connectivity index (χ0n) is 11.6. The van der Waals surface area contributed by atoms with Gasteiger partial charge in [0.2, 0.25) is 5.91 Å². The van der Waals surface area contributed by atoms with Crippen molar-refractivity contribution in [3.05, 3.63) is 34.3 Å². The summed E-state index contributed by atoms with van der Waals surface area (Å²) in [5, 5.41) is 2.64. The van der Waals surface area contributed by atoms with Crippen molar-refractivity contribution in [1.82, 2.24) is 15.1 Å². The Morgan fingerprint density at radius 3 is 2.80 bits per heavy atom. The van der Waals surface area contributed by atoms with Gasteiger partial charge in [-0.15, -0.1) is 0 Å². The van der Waals surface area contributed by atoms with Crippen LogP contribution in [0.2, 0.25) is 0 Å². The second kappa shape index (κ2) is 6.37. The highest BCUT2D eigenvalue weighted by molar-refractivity contribution is 9.10. The molecule has 5 nitrogen and oxygen atoms in total. The fraction of sp³-hybridized carbons (Fsp3) is 0.429. The van der Waals surface area contributed by atoms with Gasteiger partial charge >= 0.3 is 6.03 Å². The lowest BCUT2D eigenvalue weighted by Gasteiger charge is -2.26. The monoisotopic (exact) mass is 339 g/mol. The minimum atomic E-state index is -0.342. The Kier molecular flexibility index (Phi) is 4.77. The summed E-state index contributed by atoms with van der Waals surface area (Å²) in [4.78, 5) is 27.0. The Labute approximate surface area is 127 Å². The highest BCUT2D eigenvalue weighted by Crippen LogP contribution is 2.18. The van der Waals surface area contributed by atoms with E-state index in [9.17, 15) is 9.59 Å². The lowest BCUT2D eigenvalue weighted by Crippen LogP contribution is -2.46. The normalized spacial score (nSPS) is 16.4. The lowest BCUT2D eigenvalue weighted by atomic mass is 10.2. The molecule has 0 radical (unpaired) electrons. The third kappa shape index (κ3) is 3.19. The zero-order chi connectivity index (χ0) is 14.7. The molecule has 1 N–H and O–H groups in total. The molecule has 0 unspecified atom stereocenters. The number of nitrogens with zero attached hydrogens (tertiary/aromatic N) is 2. The summed E-state index contributed by atoms with van der Waals surface area (Å²) in [6.45, 7) is 3.45. The Bertz CT molecular complexity index is 521. The first kappa shape index (κ1) is 15.0. The van der Waals surface area contributed by atoms with Crippen LogP contribution in [-0.4, -0.2) is 47.9 Å². The number of amides is 3. The van der Waals surface area contributed by atoms with Crippen LogP contribution in [-0.2, 0) is 11.3 Å². The van der Waals surface area contributed by atoms with Crippen LogP contribution in [0.3, 0.4) is 0 Å². The summed E-state index contributed by atoms with van der Waals surface area (Å²) < 4.78 is 1.02. The van der Waals surface area contributed by atoms with Gasteiger partial charge in [0.1, 0.15) is 0 Å². The highest BCUT2D eigenvalue weighted by atomic mass is 79.9. The molecule has 1 atom stereocenters. The second-order valence-electron chi connectivity index (χ2n) is 4.90. The van der Waals surface area contributed by atoms with E-state index in [0.29, 0.717) is 19.6 Å². The molecule has 0 aliphatic carbocycles. The number of hydrogen-bond donors (Lipinski definition) is 1. The number of likely N-dealkylation sites (N-methyl/N-ethyl adjacent to an activating group) is 1. The van der Waals surface area contributed by atoms with E-state index < -0.39 is 0 Å². The largest absolute Gasteiger partial charge is 0.336 e. The second-order valence-corrected chi connectivity index (χ2v) is 5.76. The van der Waals surface area contributed by atoms with Crippen molar-refractivity contribution in [2.24, 2.45) is 0 Å². The number of benzene rings is 1. The Morgan fingerprint density at radius 1 is 1.50 bits per heavy atom. The summed E-state index contributed by atoms with van der Waals surface area (Å²) in [7, 11) is 1.88. The van der Waals surface area contributed by atoms with E-state index in [2.05, 4.69) is 21.2 Å². The van der Waals surface area contributed by atoms with E-state index in [-0.39, 0.29) is 18.0 Å². The van der Waals surface area contributed by atoms with Gasteiger partial charge in [-0.25, -0.2) is 4.79 Å². The molecule has 1 aromatic carbocycles. The zero-order valence-corrected chi connectivity index (χ0v) is 13.2. The molecule has 3 amide bonds. The standard InChI is InChI=1S/C14H18BrN3O2/c1-10(13(19)18-8-7-16-14(18)20)17(2)9-11-5-3-4-6-12(11)15/h3-6,10H,7-9H2,1-2H3,(H,16,20)/t10-/m0/s1. The molecule has 1 aliphatic heterocycles. The van der Waals surface area contributed by atoms with Crippen LogP contribution in [0.1, 0.15) is 12.5 Å². The van der Waals surface area contributed by atoms with Gasteiger partial charge in [0.25, 0.3) is 0 Å². The molecular formula is C14H18BrN3O2. The molecule has 6 heteroatoms. The molecule has 108 valence electrons. The number of hydrogen-bond acceptors (Lipinski definition) is 3. The van der Waals surface area contributed by atoms with Crippen LogP contribution < -0.4 is 5.32 Å². The quantitative estimate of drug-likeness (QED) is 0.910. The SMILES string of the molecule is C[C@@H](C(=O)N1CCNC1=O)N(C)Cc1ccccc1Br. The molecule has 20 heavy (non-hydrogen) atoms. The Balaban J connectivity index is 2.01. The smallest absolute Gasteiger partial charge is 0.324 e. The summed E-state index contributed by atoms with van der Waals surface area (Å²) in [6, 6.07) is 7.27. The number of rotatable bonds is 4. The molecule has 1 fully saturated rings. The van der Waals surface area contributed by atoms with Crippen LogP contribution in [0.25, 0.3) is 0 Å². The van der Waals surface area contributed by atoms with Gasteiger partial charge in [0.05, 0.1) is 6.04 Å². The van der Waals surface area contributed by atoms with E-state index >= 15 is 0 Å². The van der Waals surface area contributed by atoms with Gasteiger partial charge in [-0.1, -0.05) is 34.1 Å². The van der Waals surface area contributed by atoms with Crippen molar-refractivity contribution in [3.63, 3.8) is 0 Å². The van der Waals surface area contributed by atoms with Crippen LogP contribution in [0.15, 0.2) is 28.7 Å². The molecule has 1 aliphatic rings. The molecule has 0 aromatic heterocycles. The maximum absolute atomic E-state index is 12.3. The van der Waals surface area contributed by atoms with Crippen LogP contribution in [0.4, 0.5) is 4.79 Å². The fourth-order valence-corrected chi connectivity index (χ4v) is 2.54. The van der Waals surface area contributed by atoms with E-state index in [1.807, 2.05) is 43.1 Å². The van der Waals surface area contributed by atoms with Crippen LogP contribution in [0.5, 0.6) is 0 Å². The fourth-order valence-electron chi connectivity index (χ4n) is 2.13. The molecule has 1 heterocycles. The number of carbonyl (C=O) groups is 2. The average Bonchev–Trinajstić information content (AvgIpc) is 2.86.